The first kappa shape index (κ1) is 16.9. The van der Waals surface area contributed by atoms with Gasteiger partial charge >= 0.3 is 0 Å². The molecule has 6 heteroatoms. The Labute approximate surface area is 135 Å². The first-order chi connectivity index (χ1) is 11.2. The number of amides is 1. The zero-order valence-electron chi connectivity index (χ0n) is 13.5. The number of methoxy groups -OCH3 is 3. The Bertz CT molecular complexity index is 650. The molecular formula is C17H21NO5. The van der Waals surface area contributed by atoms with Gasteiger partial charge in [0.1, 0.15) is 12.4 Å². The second-order valence-corrected chi connectivity index (χ2v) is 4.86. The molecule has 0 atom stereocenters. The van der Waals surface area contributed by atoms with Gasteiger partial charge in [0.15, 0.2) is 17.3 Å². The second-order valence-electron chi connectivity index (χ2n) is 4.86. The summed E-state index contributed by atoms with van der Waals surface area (Å²) in [5, 5.41) is 2.82. The van der Waals surface area contributed by atoms with Gasteiger partial charge in [-0.25, -0.2) is 0 Å². The van der Waals surface area contributed by atoms with Crippen LogP contribution >= 0.6 is 0 Å². The number of nitrogens with one attached hydrogen (secondary N) is 1. The maximum atomic E-state index is 12.0. The molecule has 0 aliphatic rings. The molecule has 6 nitrogen and oxygen atoms in total. The maximum absolute atomic E-state index is 12.0. The van der Waals surface area contributed by atoms with E-state index in [-0.39, 0.29) is 11.7 Å². The Morgan fingerprint density at radius 2 is 1.96 bits per heavy atom. The van der Waals surface area contributed by atoms with Crippen molar-refractivity contribution in [3.05, 3.63) is 47.4 Å². The van der Waals surface area contributed by atoms with E-state index in [1.807, 2.05) is 18.2 Å². The molecule has 0 spiro atoms. The molecule has 23 heavy (non-hydrogen) atoms. The van der Waals surface area contributed by atoms with Crippen LogP contribution < -0.4 is 14.8 Å². The Morgan fingerprint density at radius 3 is 2.65 bits per heavy atom. The first-order valence-electron chi connectivity index (χ1n) is 7.25. The van der Waals surface area contributed by atoms with Crippen LogP contribution in [0.1, 0.15) is 21.9 Å². The molecule has 124 valence electrons. The minimum Gasteiger partial charge on any atom is -0.493 e. The average Bonchev–Trinajstić information content (AvgIpc) is 3.03. The normalized spacial score (nSPS) is 10.4. The van der Waals surface area contributed by atoms with E-state index in [1.54, 1.807) is 33.5 Å². The van der Waals surface area contributed by atoms with Crippen LogP contribution in [0.15, 0.2) is 34.7 Å². The highest BCUT2D eigenvalue weighted by Crippen LogP contribution is 2.30. The van der Waals surface area contributed by atoms with Gasteiger partial charge in [-0.05, 0) is 30.2 Å². The van der Waals surface area contributed by atoms with Gasteiger partial charge in [-0.1, -0.05) is 12.1 Å². The average molecular weight is 319 g/mol. The topological polar surface area (TPSA) is 69.9 Å². The van der Waals surface area contributed by atoms with E-state index >= 15 is 0 Å². The standard InChI is InChI=1S/C17H21NO5/c1-20-11-13-7-8-15(23-13)17(19)18-10-9-12-5-4-6-14(21-2)16(12)22-3/h4-8H,9-11H2,1-3H3,(H,18,19). The van der Waals surface area contributed by atoms with Crippen LogP contribution in [0.4, 0.5) is 0 Å². The monoisotopic (exact) mass is 319 g/mol. The lowest BCUT2D eigenvalue weighted by molar-refractivity contribution is 0.0917. The molecule has 0 unspecified atom stereocenters. The Hall–Kier alpha value is -2.47. The summed E-state index contributed by atoms with van der Waals surface area (Å²) in [6, 6.07) is 9.03. The molecule has 0 aliphatic carbocycles. The number of rotatable bonds is 8. The molecule has 2 aromatic rings. The minimum atomic E-state index is -0.255. The summed E-state index contributed by atoms with van der Waals surface area (Å²) >= 11 is 0. The third-order valence-corrected chi connectivity index (χ3v) is 3.34. The van der Waals surface area contributed by atoms with Crippen molar-refractivity contribution in [3.8, 4) is 11.5 Å². The van der Waals surface area contributed by atoms with Crippen molar-refractivity contribution in [1.82, 2.24) is 5.32 Å². The van der Waals surface area contributed by atoms with E-state index < -0.39 is 0 Å². The number of furan rings is 1. The summed E-state index contributed by atoms with van der Waals surface area (Å²) < 4.78 is 21.0. The van der Waals surface area contributed by atoms with Gasteiger partial charge in [-0.3, -0.25) is 4.79 Å². The summed E-state index contributed by atoms with van der Waals surface area (Å²) in [6.07, 6.45) is 0.623. The highest BCUT2D eigenvalue weighted by molar-refractivity contribution is 5.91. The van der Waals surface area contributed by atoms with Gasteiger partial charge in [0.2, 0.25) is 0 Å². The predicted octanol–water partition coefficient (Wildman–Crippen LogP) is 2.42. The summed E-state index contributed by atoms with van der Waals surface area (Å²) in [6.45, 7) is 0.803. The lowest BCUT2D eigenvalue weighted by Gasteiger charge is -2.12. The third kappa shape index (κ3) is 4.26. The molecule has 1 heterocycles. The fourth-order valence-corrected chi connectivity index (χ4v) is 2.27. The smallest absolute Gasteiger partial charge is 0.287 e. The maximum Gasteiger partial charge on any atom is 0.287 e. The first-order valence-corrected chi connectivity index (χ1v) is 7.25. The van der Waals surface area contributed by atoms with E-state index in [4.69, 9.17) is 18.6 Å². The van der Waals surface area contributed by atoms with Crippen molar-refractivity contribution in [2.75, 3.05) is 27.9 Å². The zero-order chi connectivity index (χ0) is 16.7. The van der Waals surface area contributed by atoms with Crippen molar-refractivity contribution in [2.45, 2.75) is 13.0 Å². The number of hydrogen-bond acceptors (Lipinski definition) is 5. The van der Waals surface area contributed by atoms with Crippen molar-refractivity contribution >= 4 is 5.91 Å². The van der Waals surface area contributed by atoms with Gasteiger partial charge in [0.05, 0.1) is 14.2 Å². The predicted molar refractivity (Wildman–Crippen MR) is 85.0 cm³/mol. The SMILES string of the molecule is COCc1ccc(C(=O)NCCc2cccc(OC)c2OC)o1. The second kappa shape index (κ2) is 8.24. The molecule has 1 amide bonds. The van der Waals surface area contributed by atoms with Crippen LogP contribution in [-0.2, 0) is 17.8 Å². The van der Waals surface area contributed by atoms with Crippen molar-refractivity contribution < 1.29 is 23.4 Å². The van der Waals surface area contributed by atoms with Crippen molar-refractivity contribution in [2.24, 2.45) is 0 Å². The molecule has 0 saturated carbocycles. The number of carbonyl (C=O) groups excluding carboxylic acids is 1. The van der Waals surface area contributed by atoms with Crippen molar-refractivity contribution in [1.29, 1.82) is 0 Å². The molecule has 1 aromatic heterocycles. The summed E-state index contributed by atoms with van der Waals surface area (Å²) in [5.41, 5.74) is 0.965. The van der Waals surface area contributed by atoms with E-state index in [0.29, 0.717) is 36.8 Å². The summed E-state index contributed by atoms with van der Waals surface area (Å²) in [7, 11) is 4.77. The van der Waals surface area contributed by atoms with Crippen LogP contribution in [0.2, 0.25) is 0 Å². The van der Waals surface area contributed by atoms with Crippen LogP contribution in [-0.4, -0.2) is 33.8 Å². The molecule has 2 rings (SSSR count). The molecule has 0 bridgehead atoms. The number of benzene rings is 1. The minimum absolute atomic E-state index is 0.255. The third-order valence-electron chi connectivity index (χ3n) is 3.34. The molecule has 1 N–H and O–H groups in total. The van der Waals surface area contributed by atoms with Gasteiger partial charge in [0.25, 0.3) is 5.91 Å². The van der Waals surface area contributed by atoms with E-state index in [2.05, 4.69) is 5.32 Å². The molecule has 0 aliphatic heterocycles. The van der Waals surface area contributed by atoms with Crippen LogP contribution in [0, 0.1) is 0 Å². The molecule has 1 aromatic carbocycles. The van der Waals surface area contributed by atoms with Crippen molar-refractivity contribution in [3.63, 3.8) is 0 Å². The van der Waals surface area contributed by atoms with Gasteiger partial charge < -0.3 is 23.9 Å². The van der Waals surface area contributed by atoms with E-state index in [9.17, 15) is 4.79 Å². The highest BCUT2D eigenvalue weighted by atomic mass is 16.5. The number of ether oxygens (including phenoxy) is 3. The van der Waals surface area contributed by atoms with Gasteiger partial charge in [-0.15, -0.1) is 0 Å². The Morgan fingerprint density at radius 1 is 1.13 bits per heavy atom. The van der Waals surface area contributed by atoms with E-state index in [0.717, 1.165) is 5.56 Å². The molecular weight excluding hydrogens is 298 g/mol. The molecule has 0 radical (unpaired) electrons. The number of para-hydroxylation sites is 1. The Balaban J connectivity index is 1.92. The molecule has 0 saturated heterocycles. The van der Waals surface area contributed by atoms with Crippen LogP contribution in [0.3, 0.4) is 0 Å². The fourth-order valence-electron chi connectivity index (χ4n) is 2.27. The van der Waals surface area contributed by atoms with E-state index in [1.165, 1.54) is 0 Å². The lowest BCUT2D eigenvalue weighted by atomic mass is 10.1. The lowest BCUT2D eigenvalue weighted by Crippen LogP contribution is -2.25. The number of hydrogen-bond donors (Lipinski definition) is 1. The quantitative estimate of drug-likeness (QED) is 0.809. The summed E-state index contributed by atoms with van der Waals surface area (Å²) in [4.78, 5) is 12.0. The van der Waals surface area contributed by atoms with Gasteiger partial charge in [-0.2, -0.15) is 0 Å². The van der Waals surface area contributed by atoms with Crippen LogP contribution in [0.5, 0.6) is 11.5 Å². The summed E-state index contributed by atoms with van der Waals surface area (Å²) in [5.74, 6) is 1.99. The largest absolute Gasteiger partial charge is 0.493 e. The van der Waals surface area contributed by atoms with Gasteiger partial charge in [0, 0.05) is 13.7 Å². The number of carbonyl (C=O) groups is 1. The zero-order valence-corrected chi connectivity index (χ0v) is 13.5. The highest BCUT2D eigenvalue weighted by Gasteiger charge is 2.12. The Kier molecular flexibility index (Phi) is 6.05. The fraction of sp³-hybridized carbons (Fsp3) is 0.353. The van der Waals surface area contributed by atoms with Crippen LogP contribution in [0.25, 0.3) is 0 Å². The molecule has 0 fully saturated rings.